The number of hydrogen-bond donors (Lipinski definition) is 2. The fraction of sp³-hybridized carbons (Fsp3) is 0.500. The lowest BCUT2D eigenvalue weighted by Gasteiger charge is -2.21. The number of nitrogens with one attached hydrogen (secondary N) is 1. The molecule has 0 saturated carbocycles. The Balaban J connectivity index is 2.48. The number of amides is 1. The van der Waals surface area contributed by atoms with Gasteiger partial charge in [-0.25, -0.2) is 13.6 Å². The van der Waals surface area contributed by atoms with Crippen LogP contribution in [-0.4, -0.2) is 24.3 Å². The predicted octanol–water partition coefficient (Wildman–Crippen LogP) is 2.36. The summed E-state index contributed by atoms with van der Waals surface area (Å²) in [7, 11) is 0. The van der Waals surface area contributed by atoms with Crippen LogP contribution in [-0.2, 0) is 11.2 Å². The molecule has 0 aliphatic heterocycles. The molecule has 0 aliphatic rings. The molecule has 0 bridgehead atoms. The molecule has 0 saturated heterocycles. The van der Waals surface area contributed by atoms with Crippen molar-refractivity contribution in [1.29, 1.82) is 0 Å². The molecule has 0 heterocycles. The number of rotatable bonds is 4. The molecule has 0 aliphatic carbocycles. The summed E-state index contributed by atoms with van der Waals surface area (Å²) in [5.74, 6) is -1.28. The van der Waals surface area contributed by atoms with Gasteiger partial charge < -0.3 is 15.8 Å². The van der Waals surface area contributed by atoms with E-state index < -0.39 is 29.4 Å². The van der Waals surface area contributed by atoms with E-state index in [-0.39, 0.29) is 18.5 Å². The smallest absolute Gasteiger partial charge is 0.407 e. The van der Waals surface area contributed by atoms with Gasteiger partial charge in [-0.15, -0.1) is 0 Å². The molecule has 0 fully saturated rings. The lowest BCUT2D eigenvalue weighted by Crippen LogP contribution is -2.41. The molecule has 6 heteroatoms. The summed E-state index contributed by atoms with van der Waals surface area (Å²) in [5.41, 5.74) is 5.07. The Hall–Kier alpha value is -1.69. The van der Waals surface area contributed by atoms with Crippen LogP contribution in [0.25, 0.3) is 0 Å². The van der Waals surface area contributed by atoms with Crippen molar-refractivity contribution in [3.63, 3.8) is 0 Å². The number of ether oxygens (including phenoxy) is 1. The Kier molecular flexibility index (Phi) is 5.44. The van der Waals surface area contributed by atoms with Crippen molar-refractivity contribution in [2.24, 2.45) is 5.73 Å². The van der Waals surface area contributed by atoms with Crippen LogP contribution < -0.4 is 11.1 Å². The number of carbonyl (C=O) groups is 1. The Labute approximate surface area is 117 Å². The summed E-state index contributed by atoms with van der Waals surface area (Å²) in [4.78, 5) is 11.4. The zero-order chi connectivity index (χ0) is 15.3. The summed E-state index contributed by atoms with van der Waals surface area (Å²) >= 11 is 0. The van der Waals surface area contributed by atoms with Gasteiger partial charge in [0.15, 0.2) is 0 Å². The van der Waals surface area contributed by atoms with Crippen LogP contribution >= 0.6 is 0 Å². The summed E-state index contributed by atoms with van der Waals surface area (Å²) in [6.45, 7) is 5.28. The molecule has 1 amide bonds. The van der Waals surface area contributed by atoms with Crippen molar-refractivity contribution in [3.05, 3.63) is 35.4 Å². The van der Waals surface area contributed by atoms with Crippen LogP contribution in [0.4, 0.5) is 13.6 Å². The van der Waals surface area contributed by atoms with Gasteiger partial charge in [0.25, 0.3) is 0 Å². The molecule has 112 valence electrons. The Morgan fingerprint density at radius 2 is 1.90 bits per heavy atom. The van der Waals surface area contributed by atoms with Crippen molar-refractivity contribution in [3.8, 4) is 0 Å². The van der Waals surface area contributed by atoms with Gasteiger partial charge in [0.05, 0.1) is 0 Å². The number of halogens is 2. The van der Waals surface area contributed by atoms with Crippen molar-refractivity contribution < 1.29 is 18.3 Å². The Morgan fingerprint density at radius 1 is 1.35 bits per heavy atom. The molecule has 0 radical (unpaired) electrons. The normalized spacial score (nSPS) is 12.9. The van der Waals surface area contributed by atoms with Crippen LogP contribution in [0.5, 0.6) is 0 Å². The number of nitrogens with two attached hydrogens (primary N) is 1. The zero-order valence-electron chi connectivity index (χ0n) is 11.9. The lowest BCUT2D eigenvalue weighted by molar-refractivity contribution is 0.0524. The Morgan fingerprint density at radius 3 is 2.40 bits per heavy atom. The van der Waals surface area contributed by atoms with Gasteiger partial charge in [0.1, 0.15) is 17.2 Å². The third kappa shape index (κ3) is 5.52. The van der Waals surface area contributed by atoms with E-state index in [9.17, 15) is 13.6 Å². The second-order valence-corrected chi connectivity index (χ2v) is 5.55. The lowest BCUT2D eigenvalue weighted by atomic mass is 10.1. The van der Waals surface area contributed by atoms with E-state index in [0.29, 0.717) is 0 Å². The molecule has 1 aromatic carbocycles. The maximum atomic E-state index is 13.4. The van der Waals surface area contributed by atoms with Crippen molar-refractivity contribution in [1.82, 2.24) is 5.32 Å². The summed E-state index contributed by atoms with van der Waals surface area (Å²) < 4.78 is 31.9. The molecule has 1 rings (SSSR count). The quantitative estimate of drug-likeness (QED) is 0.893. The monoisotopic (exact) mass is 286 g/mol. The first-order valence-corrected chi connectivity index (χ1v) is 6.34. The first kappa shape index (κ1) is 16.4. The first-order valence-electron chi connectivity index (χ1n) is 6.34. The molecular weight excluding hydrogens is 266 g/mol. The maximum absolute atomic E-state index is 13.4. The van der Waals surface area contributed by atoms with E-state index in [4.69, 9.17) is 10.5 Å². The van der Waals surface area contributed by atoms with Gasteiger partial charge in [0.2, 0.25) is 0 Å². The highest BCUT2D eigenvalue weighted by Gasteiger charge is 2.17. The maximum Gasteiger partial charge on any atom is 0.407 e. The molecule has 3 N–H and O–H groups in total. The van der Waals surface area contributed by atoms with Crippen LogP contribution in [0, 0.1) is 11.6 Å². The molecular formula is C14H20F2N2O2. The van der Waals surface area contributed by atoms with Gasteiger partial charge in [-0.2, -0.15) is 0 Å². The minimum absolute atomic E-state index is 0.00565. The van der Waals surface area contributed by atoms with Crippen LogP contribution in [0.1, 0.15) is 26.3 Å². The molecule has 0 aromatic heterocycles. The van der Waals surface area contributed by atoms with E-state index in [1.807, 2.05) is 0 Å². The van der Waals surface area contributed by atoms with Crippen molar-refractivity contribution >= 4 is 6.09 Å². The average Bonchev–Trinajstić information content (AvgIpc) is 2.29. The third-order valence-corrected chi connectivity index (χ3v) is 2.44. The molecule has 0 spiro atoms. The van der Waals surface area contributed by atoms with Gasteiger partial charge >= 0.3 is 6.09 Å². The van der Waals surface area contributed by atoms with E-state index in [1.165, 1.54) is 18.2 Å². The Bertz CT molecular complexity index is 452. The third-order valence-electron chi connectivity index (χ3n) is 2.44. The van der Waals surface area contributed by atoms with E-state index >= 15 is 0 Å². The predicted molar refractivity (Wildman–Crippen MR) is 72.3 cm³/mol. The fourth-order valence-electron chi connectivity index (χ4n) is 1.59. The van der Waals surface area contributed by atoms with Gasteiger partial charge in [-0.1, -0.05) is 6.07 Å². The number of carbonyl (C=O) groups excluding carboxylic acids is 1. The van der Waals surface area contributed by atoms with Crippen molar-refractivity contribution in [2.75, 3.05) is 6.54 Å². The number of alkyl carbamates (subject to hydrolysis) is 1. The number of benzene rings is 1. The SMILES string of the molecule is CC(C)(C)OC(=O)NCC(N)Cc1c(F)cccc1F. The summed E-state index contributed by atoms with van der Waals surface area (Å²) in [6.07, 6.45) is -0.615. The summed E-state index contributed by atoms with van der Waals surface area (Å²) in [5, 5.41) is 2.47. The standard InChI is InChI=1S/C14H20F2N2O2/c1-14(2,3)20-13(19)18-8-9(17)7-10-11(15)5-4-6-12(10)16/h4-6,9H,7-8,17H2,1-3H3,(H,18,19). The zero-order valence-corrected chi connectivity index (χ0v) is 11.9. The van der Waals surface area contributed by atoms with Crippen molar-refractivity contribution in [2.45, 2.75) is 38.8 Å². The second kappa shape index (κ2) is 6.65. The highest BCUT2D eigenvalue weighted by atomic mass is 19.1. The van der Waals surface area contributed by atoms with Crippen LogP contribution in [0.15, 0.2) is 18.2 Å². The fourth-order valence-corrected chi connectivity index (χ4v) is 1.59. The van der Waals surface area contributed by atoms with Crippen LogP contribution in [0.3, 0.4) is 0 Å². The largest absolute Gasteiger partial charge is 0.444 e. The van der Waals surface area contributed by atoms with Gasteiger partial charge in [-0.3, -0.25) is 0 Å². The molecule has 4 nitrogen and oxygen atoms in total. The van der Waals surface area contributed by atoms with E-state index in [2.05, 4.69) is 5.32 Å². The second-order valence-electron chi connectivity index (χ2n) is 5.55. The van der Waals surface area contributed by atoms with E-state index in [1.54, 1.807) is 20.8 Å². The molecule has 1 unspecified atom stereocenters. The van der Waals surface area contributed by atoms with Crippen LogP contribution in [0.2, 0.25) is 0 Å². The topological polar surface area (TPSA) is 64.3 Å². The molecule has 20 heavy (non-hydrogen) atoms. The average molecular weight is 286 g/mol. The minimum Gasteiger partial charge on any atom is -0.444 e. The summed E-state index contributed by atoms with van der Waals surface area (Å²) in [6, 6.07) is 3.03. The van der Waals surface area contributed by atoms with Gasteiger partial charge in [0, 0.05) is 18.2 Å². The molecule has 1 atom stereocenters. The minimum atomic E-state index is -0.641. The first-order chi connectivity index (χ1) is 9.19. The highest BCUT2D eigenvalue weighted by molar-refractivity contribution is 5.67. The van der Waals surface area contributed by atoms with E-state index in [0.717, 1.165) is 0 Å². The number of hydrogen-bond acceptors (Lipinski definition) is 3. The highest BCUT2D eigenvalue weighted by Crippen LogP contribution is 2.13. The molecule has 1 aromatic rings. The van der Waals surface area contributed by atoms with Gasteiger partial charge in [-0.05, 0) is 39.3 Å².